The standard InChI is InChI=1S/C21H16ClN3O4S/c1-10-5-13(18-15(6-10)24-17(27-2)8-23-18)20-25-14-3-4-16-12(19(14)30-20)7-11(29-16)9-28-21(22)26/h3-6,8,11H,7,9H2,1-2H3. The van der Waals surface area contributed by atoms with Crippen molar-refractivity contribution in [2.24, 2.45) is 0 Å². The van der Waals surface area contributed by atoms with Gasteiger partial charge in [-0.1, -0.05) is 0 Å². The average Bonchev–Trinajstić information content (AvgIpc) is 3.34. The number of hydrogen-bond acceptors (Lipinski definition) is 8. The van der Waals surface area contributed by atoms with Crippen LogP contribution in [0, 0.1) is 6.92 Å². The number of aryl methyl sites for hydroxylation is 1. The summed E-state index contributed by atoms with van der Waals surface area (Å²) in [5, 5.41) is 0.863. The normalized spacial score (nSPS) is 15.2. The number of rotatable bonds is 4. The maximum absolute atomic E-state index is 10.9. The molecule has 0 saturated heterocycles. The second kappa shape index (κ2) is 7.37. The minimum atomic E-state index is -0.830. The molecule has 2 aromatic heterocycles. The molecule has 0 fully saturated rings. The van der Waals surface area contributed by atoms with E-state index in [0.29, 0.717) is 12.3 Å². The van der Waals surface area contributed by atoms with Gasteiger partial charge in [-0.05, 0) is 36.8 Å². The van der Waals surface area contributed by atoms with Crippen molar-refractivity contribution in [3.8, 4) is 22.2 Å². The topological polar surface area (TPSA) is 83.4 Å². The molecule has 30 heavy (non-hydrogen) atoms. The Labute approximate surface area is 180 Å². The Morgan fingerprint density at radius 1 is 1.30 bits per heavy atom. The molecule has 0 radical (unpaired) electrons. The third kappa shape index (κ3) is 3.32. The monoisotopic (exact) mass is 441 g/mol. The predicted octanol–water partition coefficient (Wildman–Crippen LogP) is 4.90. The number of carbonyl (C=O) groups is 1. The van der Waals surface area contributed by atoms with E-state index in [1.165, 1.54) is 0 Å². The van der Waals surface area contributed by atoms with E-state index in [1.54, 1.807) is 24.6 Å². The smallest absolute Gasteiger partial charge is 0.403 e. The number of fused-ring (bicyclic) bond motifs is 4. The van der Waals surface area contributed by atoms with Gasteiger partial charge in [-0.15, -0.1) is 11.3 Å². The highest BCUT2D eigenvalue weighted by molar-refractivity contribution is 7.22. The highest BCUT2D eigenvalue weighted by atomic mass is 35.5. The maximum atomic E-state index is 10.9. The van der Waals surface area contributed by atoms with Gasteiger partial charge in [0.05, 0.1) is 34.6 Å². The molecule has 0 bridgehead atoms. The van der Waals surface area contributed by atoms with Crippen LogP contribution in [0.1, 0.15) is 11.1 Å². The number of aromatic nitrogens is 3. The molecule has 1 unspecified atom stereocenters. The van der Waals surface area contributed by atoms with E-state index in [2.05, 4.69) is 16.0 Å². The fourth-order valence-electron chi connectivity index (χ4n) is 3.66. The molecular weight excluding hydrogens is 426 g/mol. The molecule has 3 heterocycles. The van der Waals surface area contributed by atoms with Gasteiger partial charge in [-0.25, -0.2) is 19.7 Å². The van der Waals surface area contributed by atoms with Gasteiger partial charge in [0, 0.05) is 29.1 Å². The van der Waals surface area contributed by atoms with Gasteiger partial charge in [-0.2, -0.15) is 0 Å². The third-order valence-corrected chi connectivity index (χ3v) is 6.21. The summed E-state index contributed by atoms with van der Waals surface area (Å²) in [5.41, 5.74) is 4.67. The third-order valence-electron chi connectivity index (χ3n) is 4.93. The first-order valence-corrected chi connectivity index (χ1v) is 10.4. The maximum Gasteiger partial charge on any atom is 0.403 e. The zero-order valence-corrected chi connectivity index (χ0v) is 17.7. The van der Waals surface area contributed by atoms with E-state index in [9.17, 15) is 4.79 Å². The van der Waals surface area contributed by atoms with Crippen molar-refractivity contribution in [1.82, 2.24) is 15.0 Å². The molecule has 0 N–H and O–H groups in total. The molecule has 5 rings (SSSR count). The molecule has 0 spiro atoms. The number of hydrogen-bond donors (Lipinski definition) is 0. The van der Waals surface area contributed by atoms with Gasteiger partial charge in [0.1, 0.15) is 23.5 Å². The van der Waals surface area contributed by atoms with Crippen molar-refractivity contribution in [3.05, 3.63) is 41.6 Å². The molecule has 2 aromatic carbocycles. The first-order chi connectivity index (χ1) is 14.5. The zero-order chi connectivity index (χ0) is 20.8. The largest absolute Gasteiger partial charge is 0.486 e. The molecule has 0 aliphatic carbocycles. The summed E-state index contributed by atoms with van der Waals surface area (Å²) in [6.07, 6.45) is 1.99. The van der Waals surface area contributed by atoms with Crippen molar-refractivity contribution >= 4 is 49.6 Å². The van der Waals surface area contributed by atoms with Crippen LogP contribution in [-0.4, -0.2) is 40.2 Å². The van der Waals surface area contributed by atoms with E-state index in [1.807, 2.05) is 25.1 Å². The van der Waals surface area contributed by atoms with Gasteiger partial charge in [0.25, 0.3) is 0 Å². The minimum Gasteiger partial charge on any atom is -0.486 e. The highest BCUT2D eigenvalue weighted by Crippen LogP contribution is 2.41. The molecule has 4 aromatic rings. The van der Waals surface area contributed by atoms with Crippen molar-refractivity contribution in [3.63, 3.8) is 0 Å². The van der Waals surface area contributed by atoms with Gasteiger partial charge >= 0.3 is 5.43 Å². The van der Waals surface area contributed by atoms with Crippen molar-refractivity contribution < 1.29 is 19.0 Å². The van der Waals surface area contributed by atoms with Crippen LogP contribution in [0.25, 0.3) is 31.8 Å². The average molecular weight is 442 g/mol. The SMILES string of the molecule is COc1cnc2c(-c3nc4ccc5c(c4s3)CC(COC(=O)Cl)O5)cc(C)cc2n1. The Morgan fingerprint density at radius 3 is 2.97 bits per heavy atom. The summed E-state index contributed by atoms with van der Waals surface area (Å²) in [6, 6.07) is 7.90. The summed E-state index contributed by atoms with van der Waals surface area (Å²) in [6.45, 7) is 2.13. The van der Waals surface area contributed by atoms with Gasteiger partial charge in [-0.3, -0.25) is 0 Å². The molecule has 1 aliphatic rings. The number of halogens is 1. The fourth-order valence-corrected chi connectivity index (χ4v) is 4.85. The quantitative estimate of drug-likeness (QED) is 0.416. The van der Waals surface area contributed by atoms with Crippen LogP contribution in [0.3, 0.4) is 0 Å². The molecule has 9 heteroatoms. The lowest BCUT2D eigenvalue weighted by atomic mass is 10.1. The molecule has 0 saturated carbocycles. The van der Waals surface area contributed by atoms with E-state index in [-0.39, 0.29) is 12.7 Å². The summed E-state index contributed by atoms with van der Waals surface area (Å²) in [4.78, 5) is 24.8. The van der Waals surface area contributed by atoms with Crippen LogP contribution in [0.5, 0.6) is 11.6 Å². The van der Waals surface area contributed by atoms with Crippen LogP contribution in [0.2, 0.25) is 0 Å². The van der Waals surface area contributed by atoms with Crippen LogP contribution in [0.15, 0.2) is 30.5 Å². The lowest BCUT2D eigenvalue weighted by molar-refractivity contribution is 0.109. The Morgan fingerprint density at radius 2 is 2.17 bits per heavy atom. The molecular formula is C21H16ClN3O4S. The van der Waals surface area contributed by atoms with Crippen molar-refractivity contribution in [1.29, 1.82) is 0 Å². The van der Waals surface area contributed by atoms with E-state index >= 15 is 0 Å². The van der Waals surface area contributed by atoms with E-state index in [0.717, 1.165) is 48.7 Å². The first kappa shape index (κ1) is 19.0. The number of thiazole rings is 1. The van der Waals surface area contributed by atoms with Crippen LogP contribution in [0.4, 0.5) is 4.79 Å². The Kier molecular flexibility index (Phi) is 4.67. The van der Waals surface area contributed by atoms with Gasteiger partial charge < -0.3 is 14.2 Å². The van der Waals surface area contributed by atoms with Crippen LogP contribution >= 0.6 is 22.9 Å². The Balaban J connectivity index is 1.58. The fraction of sp³-hybridized carbons (Fsp3) is 0.238. The zero-order valence-electron chi connectivity index (χ0n) is 16.1. The van der Waals surface area contributed by atoms with Crippen LogP contribution in [-0.2, 0) is 11.2 Å². The molecule has 1 atom stereocenters. The number of methoxy groups -OCH3 is 1. The second-order valence-electron chi connectivity index (χ2n) is 6.99. The summed E-state index contributed by atoms with van der Waals surface area (Å²) >= 11 is 6.86. The second-order valence-corrected chi connectivity index (χ2v) is 8.30. The Hall–Kier alpha value is -2.97. The highest BCUT2D eigenvalue weighted by Gasteiger charge is 2.27. The molecule has 1 aliphatic heterocycles. The number of ether oxygens (including phenoxy) is 3. The minimum absolute atomic E-state index is 0.115. The van der Waals surface area contributed by atoms with E-state index in [4.69, 9.17) is 30.8 Å². The summed E-state index contributed by atoms with van der Waals surface area (Å²) in [5.74, 6) is 1.26. The number of nitrogens with zero attached hydrogens (tertiary/aromatic N) is 3. The molecule has 7 nitrogen and oxygen atoms in total. The summed E-state index contributed by atoms with van der Waals surface area (Å²) in [7, 11) is 1.57. The predicted molar refractivity (Wildman–Crippen MR) is 115 cm³/mol. The lowest BCUT2D eigenvalue weighted by Crippen LogP contribution is -2.21. The molecule has 0 amide bonds. The van der Waals surface area contributed by atoms with E-state index < -0.39 is 5.43 Å². The van der Waals surface area contributed by atoms with Crippen molar-refractivity contribution in [2.75, 3.05) is 13.7 Å². The van der Waals surface area contributed by atoms with Crippen molar-refractivity contribution in [2.45, 2.75) is 19.4 Å². The van der Waals surface area contributed by atoms with Gasteiger partial charge in [0.2, 0.25) is 5.88 Å². The van der Waals surface area contributed by atoms with Gasteiger partial charge in [0.15, 0.2) is 0 Å². The molecule has 152 valence electrons. The lowest BCUT2D eigenvalue weighted by Gasteiger charge is -2.08. The first-order valence-electron chi connectivity index (χ1n) is 9.25. The van der Waals surface area contributed by atoms with Crippen LogP contribution < -0.4 is 9.47 Å². The Bertz CT molecular complexity index is 1310. The number of benzene rings is 2. The summed E-state index contributed by atoms with van der Waals surface area (Å²) < 4.78 is 17.1. The number of carbonyl (C=O) groups excluding carboxylic acids is 1.